The second-order valence-corrected chi connectivity index (χ2v) is 7.84. The summed E-state index contributed by atoms with van der Waals surface area (Å²) in [5.74, 6) is 0.772. The van der Waals surface area contributed by atoms with E-state index in [1.165, 1.54) is 5.56 Å². The number of phenolic OH excluding ortho intramolecular Hbond substituents is 2. The summed E-state index contributed by atoms with van der Waals surface area (Å²) in [7, 11) is 1.71. The Morgan fingerprint density at radius 2 is 1.72 bits per heavy atom. The van der Waals surface area contributed by atoms with Gasteiger partial charge >= 0.3 is 0 Å². The number of fused-ring (bicyclic) bond motifs is 1. The molecule has 0 spiro atoms. The highest BCUT2D eigenvalue weighted by Gasteiger charge is 2.27. The normalized spacial score (nSPS) is 17.2. The third-order valence-corrected chi connectivity index (χ3v) is 5.00. The number of phenols is 2. The first-order chi connectivity index (χ1) is 11.7. The topological polar surface area (TPSA) is 61.7 Å². The number of hydrogen-bond donors (Lipinski definition) is 3. The Kier molecular flexibility index (Phi) is 4.41. The molecule has 0 aliphatic carbocycles. The van der Waals surface area contributed by atoms with Crippen LogP contribution in [0.3, 0.4) is 0 Å². The van der Waals surface area contributed by atoms with E-state index < -0.39 is 0 Å². The zero-order chi connectivity index (χ0) is 18.4. The van der Waals surface area contributed by atoms with Gasteiger partial charge in [-0.25, -0.2) is 0 Å². The number of methoxy groups -OCH3 is 1. The average Bonchev–Trinajstić information content (AvgIpc) is 2.54. The molecule has 0 radical (unpaired) electrons. The lowest BCUT2D eigenvalue weighted by Crippen LogP contribution is -2.31. The number of hydrogen-bond acceptors (Lipinski definition) is 4. The van der Waals surface area contributed by atoms with Gasteiger partial charge in [0.25, 0.3) is 0 Å². The van der Waals surface area contributed by atoms with E-state index in [0.29, 0.717) is 0 Å². The maximum absolute atomic E-state index is 9.98. The molecular weight excluding hydrogens is 314 g/mol. The minimum Gasteiger partial charge on any atom is -0.504 e. The molecule has 1 unspecified atom stereocenters. The van der Waals surface area contributed by atoms with Crippen LogP contribution in [0, 0.1) is 6.92 Å². The van der Waals surface area contributed by atoms with Crippen LogP contribution < -0.4 is 10.1 Å². The Morgan fingerprint density at radius 1 is 1.04 bits per heavy atom. The second-order valence-electron chi connectivity index (χ2n) is 7.84. The molecule has 0 saturated carbocycles. The van der Waals surface area contributed by atoms with Crippen LogP contribution in [0.1, 0.15) is 54.6 Å². The van der Waals surface area contributed by atoms with Crippen LogP contribution in [0.25, 0.3) is 0 Å². The summed E-state index contributed by atoms with van der Waals surface area (Å²) in [5.41, 5.74) is 5.54. The van der Waals surface area contributed by atoms with Crippen molar-refractivity contribution in [3.8, 4) is 17.2 Å². The van der Waals surface area contributed by atoms with Crippen LogP contribution in [0.4, 0.5) is 0 Å². The van der Waals surface area contributed by atoms with E-state index in [2.05, 4.69) is 45.1 Å². The molecule has 0 bridgehead atoms. The Labute approximate surface area is 149 Å². The predicted molar refractivity (Wildman–Crippen MR) is 99.8 cm³/mol. The van der Waals surface area contributed by atoms with Crippen LogP contribution in [-0.2, 0) is 11.8 Å². The quantitative estimate of drug-likeness (QED) is 0.724. The van der Waals surface area contributed by atoms with E-state index >= 15 is 0 Å². The van der Waals surface area contributed by atoms with Crippen molar-refractivity contribution >= 4 is 0 Å². The average molecular weight is 341 g/mol. The summed E-state index contributed by atoms with van der Waals surface area (Å²) in [6.07, 6.45) is 0.834. The Bertz CT molecular complexity index is 806. The van der Waals surface area contributed by atoms with E-state index in [4.69, 9.17) is 4.74 Å². The van der Waals surface area contributed by atoms with Gasteiger partial charge in [0.2, 0.25) is 0 Å². The van der Waals surface area contributed by atoms with Gasteiger partial charge in [0.05, 0.1) is 13.2 Å². The molecule has 0 saturated heterocycles. The fourth-order valence-corrected chi connectivity index (χ4v) is 3.62. The highest BCUT2D eigenvalue weighted by Crippen LogP contribution is 2.40. The van der Waals surface area contributed by atoms with Gasteiger partial charge in [-0.1, -0.05) is 20.8 Å². The fraction of sp³-hybridized carbons (Fsp3) is 0.429. The van der Waals surface area contributed by atoms with Gasteiger partial charge in [-0.2, -0.15) is 0 Å². The smallest absolute Gasteiger partial charge is 0.157 e. The van der Waals surface area contributed by atoms with Gasteiger partial charge < -0.3 is 20.3 Å². The van der Waals surface area contributed by atoms with Crippen LogP contribution in [0.5, 0.6) is 17.2 Å². The molecule has 2 aromatic rings. The molecule has 3 N–H and O–H groups in total. The molecule has 4 heteroatoms. The van der Waals surface area contributed by atoms with E-state index in [1.807, 2.05) is 0 Å². The van der Waals surface area contributed by atoms with Crippen LogP contribution >= 0.6 is 0 Å². The molecule has 3 rings (SSSR count). The van der Waals surface area contributed by atoms with Gasteiger partial charge in [-0.3, -0.25) is 0 Å². The zero-order valence-corrected chi connectivity index (χ0v) is 15.6. The first kappa shape index (κ1) is 17.6. The van der Waals surface area contributed by atoms with Crippen molar-refractivity contribution in [2.45, 2.75) is 45.6 Å². The number of aryl methyl sites for hydroxylation is 1. The number of ether oxygens (including phenoxy) is 1. The van der Waals surface area contributed by atoms with Crippen molar-refractivity contribution in [2.24, 2.45) is 0 Å². The predicted octanol–water partition coefficient (Wildman–Crippen LogP) is 3.95. The molecule has 0 fully saturated rings. The Hall–Kier alpha value is -2.20. The molecule has 2 aromatic carbocycles. The highest BCUT2D eigenvalue weighted by molar-refractivity contribution is 5.54. The van der Waals surface area contributed by atoms with Gasteiger partial charge in [0.1, 0.15) is 5.75 Å². The molecule has 1 aliphatic rings. The van der Waals surface area contributed by atoms with Crippen molar-refractivity contribution in [3.63, 3.8) is 0 Å². The summed E-state index contributed by atoms with van der Waals surface area (Å²) in [5, 5.41) is 23.4. The summed E-state index contributed by atoms with van der Waals surface area (Å²) in [6.45, 7) is 9.45. The Balaban J connectivity index is 2.17. The number of aromatic hydroxyl groups is 2. The van der Waals surface area contributed by atoms with E-state index in [9.17, 15) is 10.2 Å². The first-order valence-electron chi connectivity index (χ1n) is 8.69. The molecule has 0 aromatic heterocycles. The molecule has 4 nitrogen and oxygen atoms in total. The molecular formula is C21H27NO3. The maximum atomic E-state index is 9.98. The zero-order valence-electron chi connectivity index (χ0n) is 15.6. The third-order valence-electron chi connectivity index (χ3n) is 5.00. The Morgan fingerprint density at radius 3 is 2.36 bits per heavy atom. The summed E-state index contributed by atoms with van der Waals surface area (Å²) < 4.78 is 5.61. The molecule has 25 heavy (non-hydrogen) atoms. The van der Waals surface area contributed by atoms with Crippen molar-refractivity contribution in [3.05, 3.63) is 52.1 Å². The highest BCUT2D eigenvalue weighted by atomic mass is 16.5. The van der Waals surface area contributed by atoms with Crippen LogP contribution in [0.2, 0.25) is 0 Å². The standard InChI is InChI=1S/C21H27NO3/c1-12-8-19(25-5)16(21(2,3)4)10-14(12)20-15-11-18(24)17(23)9-13(15)6-7-22-20/h8-11,20,22-24H,6-7H2,1-5H3. The lowest BCUT2D eigenvalue weighted by molar-refractivity contribution is 0.396. The lowest BCUT2D eigenvalue weighted by Gasteiger charge is -2.31. The van der Waals surface area contributed by atoms with Gasteiger partial charge in [-0.15, -0.1) is 0 Å². The van der Waals surface area contributed by atoms with Gasteiger partial charge in [0.15, 0.2) is 11.5 Å². The van der Waals surface area contributed by atoms with Crippen molar-refractivity contribution < 1.29 is 14.9 Å². The van der Waals surface area contributed by atoms with Gasteiger partial charge in [-0.05, 0) is 70.8 Å². The fourth-order valence-electron chi connectivity index (χ4n) is 3.62. The van der Waals surface area contributed by atoms with E-state index in [0.717, 1.165) is 41.0 Å². The third kappa shape index (κ3) is 3.19. The number of benzene rings is 2. The molecule has 0 amide bonds. The van der Waals surface area contributed by atoms with Crippen LogP contribution in [0.15, 0.2) is 24.3 Å². The van der Waals surface area contributed by atoms with Crippen molar-refractivity contribution in [1.29, 1.82) is 0 Å². The largest absolute Gasteiger partial charge is 0.504 e. The van der Waals surface area contributed by atoms with Crippen LogP contribution in [-0.4, -0.2) is 23.9 Å². The first-order valence-corrected chi connectivity index (χ1v) is 8.69. The second kappa shape index (κ2) is 6.26. The monoisotopic (exact) mass is 341 g/mol. The molecule has 1 aliphatic heterocycles. The van der Waals surface area contributed by atoms with Crippen molar-refractivity contribution in [2.75, 3.05) is 13.7 Å². The molecule has 134 valence electrons. The molecule has 1 heterocycles. The summed E-state index contributed by atoms with van der Waals surface area (Å²) in [6, 6.07) is 7.66. The molecule has 1 atom stereocenters. The minimum atomic E-state index is -0.0744. The summed E-state index contributed by atoms with van der Waals surface area (Å²) in [4.78, 5) is 0. The van der Waals surface area contributed by atoms with E-state index in [1.54, 1.807) is 19.2 Å². The number of nitrogens with one attached hydrogen (secondary N) is 1. The van der Waals surface area contributed by atoms with Crippen molar-refractivity contribution in [1.82, 2.24) is 5.32 Å². The minimum absolute atomic E-state index is 0.0118. The summed E-state index contributed by atoms with van der Waals surface area (Å²) >= 11 is 0. The van der Waals surface area contributed by atoms with Gasteiger partial charge in [0, 0.05) is 6.54 Å². The SMILES string of the molecule is COc1cc(C)c(C2NCCc3cc(O)c(O)cc32)cc1C(C)(C)C. The number of rotatable bonds is 2. The van der Waals surface area contributed by atoms with E-state index in [-0.39, 0.29) is 23.0 Å². The maximum Gasteiger partial charge on any atom is 0.157 e. The lowest BCUT2D eigenvalue weighted by atomic mass is 9.81.